The minimum Gasteiger partial charge on any atom is -0.497 e. The minimum absolute atomic E-state index is 0.107. The summed E-state index contributed by atoms with van der Waals surface area (Å²) in [6.07, 6.45) is 4.69. The third-order valence-corrected chi connectivity index (χ3v) is 7.29. The monoisotopic (exact) mass is 478 g/mol. The first-order valence-electron chi connectivity index (χ1n) is 12.3. The molecule has 35 heavy (non-hydrogen) atoms. The van der Waals surface area contributed by atoms with E-state index in [9.17, 15) is 0 Å². The number of hydrogen-bond acceptors (Lipinski definition) is 8. The van der Waals surface area contributed by atoms with Gasteiger partial charge >= 0.3 is 0 Å². The lowest BCUT2D eigenvalue weighted by atomic mass is 10.0. The van der Waals surface area contributed by atoms with Crippen LogP contribution >= 0.6 is 0 Å². The second kappa shape index (κ2) is 10.5. The maximum Gasteiger partial charge on any atom is 0.173 e. The highest BCUT2D eigenvalue weighted by atomic mass is 16.5. The van der Waals surface area contributed by atoms with Crippen LogP contribution in [-0.4, -0.2) is 72.6 Å². The number of methoxy groups -OCH3 is 3. The molecule has 3 aromatic rings. The second-order valence-electron chi connectivity index (χ2n) is 9.15. The zero-order valence-electron chi connectivity index (χ0n) is 20.8. The summed E-state index contributed by atoms with van der Waals surface area (Å²) in [5, 5.41) is 13.1. The largest absolute Gasteiger partial charge is 0.497 e. The van der Waals surface area contributed by atoms with Gasteiger partial charge in [-0.05, 0) is 59.7 Å². The van der Waals surface area contributed by atoms with E-state index in [0.717, 1.165) is 67.7 Å². The van der Waals surface area contributed by atoms with Crippen molar-refractivity contribution in [2.24, 2.45) is 0 Å². The summed E-state index contributed by atoms with van der Waals surface area (Å²) in [7, 11) is 5.07. The van der Waals surface area contributed by atoms with Gasteiger partial charge in [-0.2, -0.15) is 0 Å². The van der Waals surface area contributed by atoms with Crippen molar-refractivity contribution in [3.63, 3.8) is 0 Å². The van der Waals surface area contributed by atoms with Gasteiger partial charge in [0, 0.05) is 43.5 Å². The Kier molecular flexibility index (Phi) is 7.03. The van der Waals surface area contributed by atoms with Gasteiger partial charge in [0.1, 0.15) is 23.3 Å². The van der Waals surface area contributed by atoms with Crippen LogP contribution in [0, 0.1) is 0 Å². The first-order valence-corrected chi connectivity index (χ1v) is 12.3. The molecular weight excluding hydrogens is 444 g/mol. The number of anilines is 1. The maximum absolute atomic E-state index is 5.83. The van der Waals surface area contributed by atoms with E-state index >= 15 is 0 Å². The average molecular weight is 479 g/mol. The molecule has 0 bridgehead atoms. The maximum atomic E-state index is 5.83. The predicted octanol–water partition coefficient (Wildman–Crippen LogP) is 3.73. The molecule has 9 heteroatoms. The highest BCUT2D eigenvalue weighted by Crippen LogP contribution is 2.39. The molecule has 2 aliphatic rings. The Balaban J connectivity index is 1.45. The lowest BCUT2D eigenvalue weighted by molar-refractivity contribution is 0.194. The van der Waals surface area contributed by atoms with Gasteiger partial charge in [0.15, 0.2) is 5.82 Å². The van der Waals surface area contributed by atoms with Gasteiger partial charge in [0.2, 0.25) is 0 Å². The van der Waals surface area contributed by atoms with Crippen LogP contribution in [0.3, 0.4) is 0 Å². The van der Waals surface area contributed by atoms with Crippen LogP contribution in [0.2, 0.25) is 0 Å². The number of rotatable bonds is 8. The van der Waals surface area contributed by atoms with Crippen LogP contribution in [0.5, 0.6) is 17.2 Å². The Morgan fingerprint density at radius 3 is 2.17 bits per heavy atom. The topological polar surface area (TPSA) is 77.8 Å². The van der Waals surface area contributed by atoms with Crippen molar-refractivity contribution in [1.29, 1.82) is 0 Å². The molecule has 186 valence electrons. The van der Waals surface area contributed by atoms with E-state index in [1.807, 2.05) is 24.3 Å². The second-order valence-corrected chi connectivity index (χ2v) is 9.15. The highest BCUT2D eigenvalue weighted by Gasteiger charge is 2.34. The molecule has 0 amide bonds. The summed E-state index contributed by atoms with van der Waals surface area (Å²) < 4.78 is 18.7. The predicted molar refractivity (Wildman–Crippen MR) is 133 cm³/mol. The molecule has 1 aromatic heterocycles. The van der Waals surface area contributed by atoms with E-state index in [2.05, 4.69) is 48.2 Å². The molecule has 1 atom stereocenters. The quantitative estimate of drug-likeness (QED) is 0.485. The Hall–Kier alpha value is -3.33. The molecule has 1 aliphatic carbocycles. The van der Waals surface area contributed by atoms with Crippen molar-refractivity contribution in [3.8, 4) is 17.2 Å². The first kappa shape index (κ1) is 23.4. The van der Waals surface area contributed by atoms with E-state index in [-0.39, 0.29) is 6.04 Å². The molecule has 1 aliphatic heterocycles. The van der Waals surface area contributed by atoms with Crippen molar-refractivity contribution in [1.82, 2.24) is 25.1 Å². The lowest BCUT2D eigenvalue weighted by Gasteiger charge is -2.40. The molecule has 1 saturated carbocycles. The summed E-state index contributed by atoms with van der Waals surface area (Å²) in [5.74, 6) is 3.31. The van der Waals surface area contributed by atoms with Crippen LogP contribution in [0.25, 0.3) is 0 Å². The molecule has 1 saturated heterocycles. The standard InChI is InChI=1S/C26H34N6O3/c1-33-21-10-8-19(9-11-21)30-14-16-31(17-15-30)25(23-13-12-22(34-2)18-24(23)35-3)26-27-28-29-32(26)20-6-4-5-7-20/h8-13,18,20,25H,4-7,14-17H2,1-3H3. The number of nitrogens with zero attached hydrogens (tertiary/aromatic N) is 6. The fraction of sp³-hybridized carbons (Fsp3) is 0.500. The summed E-state index contributed by atoms with van der Waals surface area (Å²) >= 11 is 0. The fourth-order valence-electron chi connectivity index (χ4n) is 5.36. The molecule has 1 unspecified atom stereocenters. The van der Waals surface area contributed by atoms with Crippen molar-refractivity contribution in [2.45, 2.75) is 37.8 Å². The Bertz CT molecular complexity index is 1100. The normalized spacial score (nSPS) is 18.0. The number of benzene rings is 2. The van der Waals surface area contributed by atoms with E-state index in [4.69, 9.17) is 14.2 Å². The van der Waals surface area contributed by atoms with E-state index in [1.165, 1.54) is 18.5 Å². The smallest absolute Gasteiger partial charge is 0.173 e. The molecule has 9 nitrogen and oxygen atoms in total. The zero-order chi connectivity index (χ0) is 24.2. The van der Waals surface area contributed by atoms with Gasteiger partial charge in [0.05, 0.1) is 27.4 Å². The van der Waals surface area contributed by atoms with Gasteiger partial charge in [-0.3, -0.25) is 4.90 Å². The van der Waals surface area contributed by atoms with Crippen LogP contribution in [-0.2, 0) is 0 Å². The molecule has 2 fully saturated rings. The Labute approximate surface area is 206 Å². The van der Waals surface area contributed by atoms with Crippen LogP contribution in [0.1, 0.15) is 49.2 Å². The van der Waals surface area contributed by atoms with Crippen molar-refractivity contribution in [3.05, 3.63) is 53.9 Å². The van der Waals surface area contributed by atoms with Crippen LogP contribution < -0.4 is 19.1 Å². The molecule has 5 rings (SSSR count). The Morgan fingerprint density at radius 2 is 1.51 bits per heavy atom. The van der Waals surface area contributed by atoms with E-state index in [1.54, 1.807) is 21.3 Å². The van der Waals surface area contributed by atoms with Gasteiger partial charge in [0.25, 0.3) is 0 Å². The minimum atomic E-state index is -0.107. The molecule has 2 aromatic carbocycles. The highest BCUT2D eigenvalue weighted by molar-refractivity contribution is 5.50. The number of aromatic nitrogens is 4. The Morgan fingerprint density at radius 1 is 0.829 bits per heavy atom. The third kappa shape index (κ3) is 4.77. The molecular formula is C26H34N6O3. The van der Waals surface area contributed by atoms with Crippen LogP contribution in [0.4, 0.5) is 5.69 Å². The number of hydrogen-bond donors (Lipinski definition) is 0. The molecule has 0 radical (unpaired) electrons. The number of piperazine rings is 1. The lowest BCUT2D eigenvalue weighted by Crippen LogP contribution is -2.48. The molecule has 0 spiro atoms. The van der Waals surface area contributed by atoms with E-state index < -0.39 is 0 Å². The van der Waals surface area contributed by atoms with Crippen molar-refractivity contribution >= 4 is 5.69 Å². The molecule has 0 N–H and O–H groups in total. The first-order chi connectivity index (χ1) is 17.2. The van der Waals surface area contributed by atoms with Gasteiger partial charge in [-0.1, -0.05) is 12.8 Å². The number of ether oxygens (including phenoxy) is 3. The fourth-order valence-corrected chi connectivity index (χ4v) is 5.36. The number of tetrazole rings is 1. The van der Waals surface area contributed by atoms with Gasteiger partial charge in [-0.15, -0.1) is 5.10 Å². The van der Waals surface area contributed by atoms with E-state index in [0.29, 0.717) is 6.04 Å². The SMILES string of the molecule is COc1ccc(N2CCN(C(c3ccc(OC)cc3OC)c3nnnn3C3CCCC3)CC2)cc1. The van der Waals surface area contributed by atoms with Crippen LogP contribution in [0.15, 0.2) is 42.5 Å². The summed E-state index contributed by atoms with van der Waals surface area (Å²) in [5.41, 5.74) is 2.26. The van der Waals surface area contributed by atoms with Gasteiger partial charge < -0.3 is 19.1 Å². The summed E-state index contributed by atoms with van der Waals surface area (Å²) in [6.45, 7) is 3.57. The van der Waals surface area contributed by atoms with Gasteiger partial charge in [-0.25, -0.2) is 4.68 Å². The average Bonchev–Trinajstić information content (AvgIpc) is 3.62. The van der Waals surface area contributed by atoms with Crippen molar-refractivity contribution < 1.29 is 14.2 Å². The third-order valence-electron chi connectivity index (χ3n) is 7.29. The van der Waals surface area contributed by atoms with Crippen molar-refractivity contribution in [2.75, 3.05) is 52.4 Å². The molecule has 2 heterocycles. The summed E-state index contributed by atoms with van der Waals surface area (Å²) in [4.78, 5) is 4.89. The zero-order valence-corrected chi connectivity index (χ0v) is 20.8. The summed E-state index contributed by atoms with van der Waals surface area (Å²) in [6, 6.07) is 14.5.